The van der Waals surface area contributed by atoms with Crippen LogP contribution in [0.1, 0.15) is 33.3 Å². The Balaban J connectivity index is 1.98. The van der Waals surface area contributed by atoms with Gasteiger partial charge in [-0.25, -0.2) is 9.78 Å². The summed E-state index contributed by atoms with van der Waals surface area (Å²) in [4.78, 5) is 18.2. The number of rotatable bonds is 4. The van der Waals surface area contributed by atoms with E-state index in [4.69, 9.17) is 10.5 Å². The third-order valence-corrected chi connectivity index (χ3v) is 4.96. The lowest BCUT2D eigenvalue weighted by Gasteiger charge is -2.25. The Hall–Kier alpha value is -3.54. The molecule has 0 fully saturated rings. The predicted molar refractivity (Wildman–Crippen MR) is 125 cm³/mol. The molecule has 162 valence electrons. The minimum Gasteiger partial charge on any atom is -0.508 e. The van der Waals surface area contributed by atoms with E-state index < -0.39 is 11.7 Å². The smallest absolute Gasteiger partial charge is 0.414 e. The molecule has 0 bridgehead atoms. The molecule has 3 rings (SSSR count). The summed E-state index contributed by atoms with van der Waals surface area (Å²) in [6, 6.07) is 14.6. The molecule has 3 aromatic rings. The Labute approximate surface area is 183 Å². The van der Waals surface area contributed by atoms with Gasteiger partial charge in [0.05, 0.1) is 0 Å². The molecule has 0 saturated carbocycles. The van der Waals surface area contributed by atoms with Gasteiger partial charge in [0.1, 0.15) is 17.2 Å². The zero-order valence-corrected chi connectivity index (χ0v) is 18.6. The van der Waals surface area contributed by atoms with Gasteiger partial charge in [-0.15, -0.1) is 0 Å². The number of phenols is 1. The number of nitrogens with two attached hydrogens (primary N) is 1. The molecule has 0 radical (unpaired) electrons. The number of nitrogen functional groups attached to an aromatic ring is 1. The number of phenolic OH excluding ortho intramolecular Hbond substituents is 1. The highest BCUT2D eigenvalue weighted by Gasteiger charge is 2.21. The number of carbonyl (C=O) groups excluding carboxylic acids is 1. The number of nitrogens with zero attached hydrogens (tertiary/aromatic N) is 2. The van der Waals surface area contributed by atoms with Gasteiger partial charge in [0, 0.05) is 30.1 Å². The second-order valence-corrected chi connectivity index (χ2v) is 8.40. The molecule has 0 aliphatic carbocycles. The van der Waals surface area contributed by atoms with Crippen LogP contribution in [-0.2, 0) is 11.2 Å². The molecule has 0 saturated heterocycles. The highest BCUT2D eigenvalue weighted by atomic mass is 16.6. The van der Waals surface area contributed by atoms with E-state index in [1.54, 1.807) is 25.4 Å². The molecule has 0 aliphatic rings. The molecule has 0 unspecified atom stereocenters. The average molecular weight is 420 g/mol. The van der Waals surface area contributed by atoms with Crippen LogP contribution in [0.5, 0.6) is 5.75 Å². The summed E-state index contributed by atoms with van der Waals surface area (Å²) in [5.41, 5.74) is 11.2. The van der Waals surface area contributed by atoms with Crippen LogP contribution in [0.2, 0.25) is 0 Å². The van der Waals surface area contributed by atoms with E-state index in [-0.39, 0.29) is 5.75 Å². The molecule has 1 aromatic heterocycles. The van der Waals surface area contributed by atoms with Crippen molar-refractivity contribution in [3.8, 4) is 28.0 Å². The third kappa shape index (κ3) is 4.97. The highest BCUT2D eigenvalue weighted by molar-refractivity contribution is 5.89. The Bertz CT molecular complexity index is 1070. The Morgan fingerprint density at radius 3 is 2.19 bits per heavy atom. The number of hydrogen-bond donors (Lipinski definition) is 2. The molecule has 31 heavy (non-hydrogen) atoms. The van der Waals surface area contributed by atoms with Gasteiger partial charge in [0.25, 0.3) is 0 Å². The summed E-state index contributed by atoms with van der Waals surface area (Å²) in [6.45, 7) is 7.59. The lowest BCUT2D eigenvalue weighted by molar-refractivity contribution is 0.0589. The van der Waals surface area contributed by atoms with Crippen molar-refractivity contribution in [2.24, 2.45) is 0 Å². The lowest BCUT2D eigenvalue weighted by Crippen LogP contribution is -2.34. The van der Waals surface area contributed by atoms with E-state index in [9.17, 15) is 9.90 Å². The fourth-order valence-corrected chi connectivity index (χ4v) is 3.43. The zero-order chi connectivity index (χ0) is 22.8. The summed E-state index contributed by atoms with van der Waals surface area (Å²) in [5, 5.41) is 9.61. The Morgan fingerprint density at radius 1 is 1.06 bits per heavy atom. The molecule has 0 atom stereocenters. The van der Waals surface area contributed by atoms with E-state index >= 15 is 0 Å². The zero-order valence-electron chi connectivity index (χ0n) is 18.6. The van der Waals surface area contributed by atoms with Crippen LogP contribution in [0.3, 0.4) is 0 Å². The van der Waals surface area contributed by atoms with Crippen LogP contribution >= 0.6 is 0 Å². The number of amides is 1. The first-order chi connectivity index (χ1) is 14.6. The summed E-state index contributed by atoms with van der Waals surface area (Å²) >= 11 is 0. The topological polar surface area (TPSA) is 88.7 Å². The quantitative estimate of drug-likeness (QED) is 0.571. The fraction of sp³-hybridized carbons (Fsp3) is 0.280. The van der Waals surface area contributed by atoms with Gasteiger partial charge in [-0.3, -0.25) is 4.90 Å². The van der Waals surface area contributed by atoms with Crippen molar-refractivity contribution >= 4 is 17.6 Å². The van der Waals surface area contributed by atoms with Crippen LogP contribution in [0.15, 0.2) is 54.7 Å². The lowest BCUT2D eigenvalue weighted by atomic mass is 9.92. The van der Waals surface area contributed by atoms with E-state index in [1.807, 2.05) is 57.2 Å². The maximum atomic E-state index is 12.3. The highest BCUT2D eigenvalue weighted by Crippen LogP contribution is 2.36. The van der Waals surface area contributed by atoms with Gasteiger partial charge in [0.2, 0.25) is 0 Å². The molecule has 0 spiro atoms. The van der Waals surface area contributed by atoms with Gasteiger partial charge >= 0.3 is 6.09 Å². The molecule has 3 N–H and O–H groups in total. The summed E-state index contributed by atoms with van der Waals surface area (Å²) in [6.07, 6.45) is 2.12. The van der Waals surface area contributed by atoms with Crippen molar-refractivity contribution in [3.63, 3.8) is 0 Å². The first-order valence-corrected chi connectivity index (χ1v) is 10.2. The fourth-order valence-electron chi connectivity index (χ4n) is 3.43. The molecule has 1 heterocycles. The largest absolute Gasteiger partial charge is 0.508 e. The number of anilines is 2. The predicted octanol–water partition coefficient (Wildman–Crippen LogP) is 5.64. The molecule has 6 heteroatoms. The van der Waals surface area contributed by atoms with Gasteiger partial charge in [-0.05, 0) is 68.1 Å². The van der Waals surface area contributed by atoms with Crippen molar-refractivity contribution in [1.29, 1.82) is 0 Å². The number of aromatic nitrogens is 1. The van der Waals surface area contributed by atoms with E-state index in [0.717, 1.165) is 39.9 Å². The maximum Gasteiger partial charge on any atom is 0.414 e. The number of aromatic hydroxyl groups is 1. The average Bonchev–Trinajstić information content (AvgIpc) is 2.72. The molecular formula is C25H29N3O3. The number of carbonyl (C=O) groups is 1. The van der Waals surface area contributed by atoms with Gasteiger partial charge in [-0.2, -0.15) is 0 Å². The van der Waals surface area contributed by atoms with E-state index in [0.29, 0.717) is 5.82 Å². The molecule has 6 nitrogen and oxygen atoms in total. The van der Waals surface area contributed by atoms with Crippen molar-refractivity contribution < 1.29 is 14.6 Å². The SMILES string of the molecule is CCc1c(-c2ccc(O)cc2)cnc(N)c1-c1ccc(N(C)C(=O)OC(C)(C)C)cc1. The van der Waals surface area contributed by atoms with Crippen molar-refractivity contribution in [1.82, 2.24) is 4.98 Å². The van der Waals surface area contributed by atoms with Gasteiger partial charge in [0.15, 0.2) is 0 Å². The van der Waals surface area contributed by atoms with Gasteiger partial charge < -0.3 is 15.6 Å². The van der Waals surface area contributed by atoms with Gasteiger partial charge in [-0.1, -0.05) is 31.2 Å². The van der Waals surface area contributed by atoms with Crippen LogP contribution in [0.4, 0.5) is 16.3 Å². The first kappa shape index (κ1) is 22.2. The summed E-state index contributed by atoms with van der Waals surface area (Å²) < 4.78 is 5.44. The summed E-state index contributed by atoms with van der Waals surface area (Å²) in [5.74, 6) is 0.669. The first-order valence-electron chi connectivity index (χ1n) is 10.2. The number of pyridine rings is 1. The van der Waals surface area contributed by atoms with E-state index in [2.05, 4.69) is 11.9 Å². The van der Waals surface area contributed by atoms with Crippen molar-refractivity contribution in [2.75, 3.05) is 17.7 Å². The standard InChI is InChI=1S/C25H29N3O3/c1-6-20-21(16-9-13-19(29)14-10-16)15-27-23(26)22(20)17-7-11-18(12-8-17)28(5)24(30)31-25(2,3)4/h7-15,29H,6H2,1-5H3,(H2,26,27). The molecule has 2 aromatic carbocycles. The monoisotopic (exact) mass is 419 g/mol. The van der Waals surface area contributed by atoms with Crippen molar-refractivity contribution in [3.05, 3.63) is 60.3 Å². The minimum atomic E-state index is -0.559. The Kier molecular flexibility index (Phi) is 6.20. The third-order valence-electron chi connectivity index (χ3n) is 4.96. The summed E-state index contributed by atoms with van der Waals surface area (Å²) in [7, 11) is 1.68. The Morgan fingerprint density at radius 2 is 1.65 bits per heavy atom. The van der Waals surface area contributed by atoms with Crippen LogP contribution in [0.25, 0.3) is 22.3 Å². The van der Waals surface area contributed by atoms with Crippen LogP contribution < -0.4 is 10.6 Å². The number of ether oxygens (including phenoxy) is 1. The van der Waals surface area contributed by atoms with E-state index in [1.165, 1.54) is 4.90 Å². The van der Waals surface area contributed by atoms with Crippen LogP contribution in [-0.4, -0.2) is 28.8 Å². The number of hydrogen-bond acceptors (Lipinski definition) is 5. The minimum absolute atomic E-state index is 0.218. The maximum absolute atomic E-state index is 12.3. The number of benzene rings is 2. The molecule has 0 aliphatic heterocycles. The second-order valence-electron chi connectivity index (χ2n) is 8.40. The van der Waals surface area contributed by atoms with Crippen LogP contribution in [0, 0.1) is 0 Å². The van der Waals surface area contributed by atoms with Crippen molar-refractivity contribution in [2.45, 2.75) is 39.7 Å². The second kappa shape index (κ2) is 8.68. The molecule has 1 amide bonds. The molecular weight excluding hydrogens is 390 g/mol. The normalized spacial score (nSPS) is 11.3.